The Morgan fingerprint density at radius 3 is 3.14 bits per heavy atom. The molecule has 0 bridgehead atoms. The van der Waals surface area contributed by atoms with Gasteiger partial charge in [0.25, 0.3) is 0 Å². The van der Waals surface area contributed by atoms with Crippen molar-refractivity contribution in [3.63, 3.8) is 0 Å². The molecule has 1 aromatic heterocycles. The monoisotopic (exact) mass is 291 g/mol. The van der Waals surface area contributed by atoms with E-state index < -0.39 is 0 Å². The third-order valence-corrected chi connectivity index (χ3v) is 4.87. The van der Waals surface area contributed by atoms with E-state index in [1.807, 2.05) is 6.26 Å². The van der Waals surface area contributed by atoms with Gasteiger partial charge in [-0.25, -0.2) is 0 Å². The van der Waals surface area contributed by atoms with Crippen molar-refractivity contribution in [3.05, 3.63) is 23.7 Å². The van der Waals surface area contributed by atoms with Crippen LogP contribution >= 0.6 is 0 Å². The fourth-order valence-corrected chi connectivity index (χ4v) is 3.63. The Hall–Kier alpha value is -0.840. The topological polar surface area (TPSA) is 31.7 Å². The lowest BCUT2D eigenvalue weighted by molar-refractivity contribution is 0.0424. The molecule has 21 heavy (non-hydrogen) atoms. The molecular formula is C17H29N3O. The fraction of sp³-hybridized carbons (Fsp3) is 0.765. The minimum absolute atomic E-state index is 0.782. The van der Waals surface area contributed by atoms with Gasteiger partial charge < -0.3 is 9.73 Å². The average molecular weight is 291 g/mol. The van der Waals surface area contributed by atoms with Crippen LogP contribution in [0.2, 0.25) is 0 Å². The minimum atomic E-state index is 0.782. The van der Waals surface area contributed by atoms with Crippen molar-refractivity contribution in [2.75, 3.05) is 32.7 Å². The molecule has 3 rings (SSSR count). The highest BCUT2D eigenvalue weighted by Crippen LogP contribution is 2.23. The van der Waals surface area contributed by atoms with Gasteiger partial charge in [0.15, 0.2) is 0 Å². The normalized spacial score (nSPS) is 24.1. The Bertz CT molecular complexity index is 431. The van der Waals surface area contributed by atoms with Crippen LogP contribution in [0.3, 0.4) is 0 Å². The summed E-state index contributed by atoms with van der Waals surface area (Å²) in [7, 11) is 0. The van der Waals surface area contributed by atoms with Crippen molar-refractivity contribution >= 4 is 0 Å². The number of hydrogen-bond acceptors (Lipinski definition) is 4. The SMILES string of the molecule is CCCNCc1ccoc1CN1CCN2CCCCC2C1. The molecule has 0 radical (unpaired) electrons. The molecule has 1 aromatic rings. The van der Waals surface area contributed by atoms with Crippen molar-refractivity contribution in [2.45, 2.75) is 51.7 Å². The predicted molar refractivity (Wildman–Crippen MR) is 85.2 cm³/mol. The van der Waals surface area contributed by atoms with Crippen LogP contribution in [0.15, 0.2) is 16.7 Å². The molecule has 0 saturated carbocycles. The Morgan fingerprint density at radius 2 is 2.24 bits per heavy atom. The average Bonchev–Trinajstić information content (AvgIpc) is 2.95. The third kappa shape index (κ3) is 3.87. The Balaban J connectivity index is 1.53. The summed E-state index contributed by atoms with van der Waals surface area (Å²) < 4.78 is 5.74. The van der Waals surface area contributed by atoms with Gasteiger partial charge in [-0.15, -0.1) is 0 Å². The molecule has 3 heterocycles. The van der Waals surface area contributed by atoms with Crippen LogP contribution in [0.5, 0.6) is 0 Å². The first kappa shape index (κ1) is 15.1. The molecule has 0 spiro atoms. The van der Waals surface area contributed by atoms with E-state index in [9.17, 15) is 0 Å². The van der Waals surface area contributed by atoms with E-state index in [1.165, 1.54) is 57.4 Å². The number of nitrogens with one attached hydrogen (secondary N) is 1. The molecule has 2 saturated heterocycles. The van der Waals surface area contributed by atoms with E-state index in [0.717, 1.165) is 31.4 Å². The Morgan fingerprint density at radius 1 is 1.29 bits per heavy atom. The first-order chi connectivity index (χ1) is 10.4. The maximum atomic E-state index is 5.74. The predicted octanol–water partition coefficient (Wildman–Crippen LogP) is 2.45. The molecule has 2 fully saturated rings. The lowest BCUT2D eigenvalue weighted by atomic mass is 9.99. The lowest BCUT2D eigenvalue weighted by Gasteiger charge is -2.43. The number of rotatable bonds is 6. The molecule has 2 aliphatic rings. The zero-order chi connectivity index (χ0) is 14.5. The highest BCUT2D eigenvalue weighted by molar-refractivity contribution is 5.17. The van der Waals surface area contributed by atoms with Crippen molar-refractivity contribution in [3.8, 4) is 0 Å². The number of piperazine rings is 1. The number of furan rings is 1. The molecule has 1 N–H and O–H groups in total. The van der Waals surface area contributed by atoms with Crippen molar-refractivity contribution in [1.82, 2.24) is 15.1 Å². The second-order valence-electron chi connectivity index (χ2n) is 6.47. The summed E-state index contributed by atoms with van der Waals surface area (Å²) in [5.74, 6) is 1.16. The van der Waals surface area contributed by atoms with Gasteiger partial charge in [0.2, 0.25) is 0 Å². The number of fused-ring (bicyclic) bond motifs is 1. The van der Waals surface area contributed by atoms with E-state index in [1.54, 1.807) is 0 Å². The molecule has 4 nitrogen and oxygen atoms in total. The van der Waals surface area contributed by atoms with Gasteiger partial charge in [-0.1, -0.05) is 13.3 Å². The van der Waals surface area contributed by atoms with Crippen LogP contribution in [0.1, 0.15) is 43.9 Å². The quantitative estimate of drug-likeness (QED) is 0.816. The number of nitrogens with zero attached hydrogens (tertiary/aromatic N) is 2. The highest BCUT2D eigenvalue weighted by atomic mass is 16.3. The molecule has 118 valence electrons. The van der Waals surface area contributed by atoms with Gasteiger partial charge >= 0.3 is 0 Å². The second kappa shape index (κ2) is 7.43. The molecular weight excluding hydrogens is 262 g/mol. The zero-order valence-corrected chi connectivity index (χ0v) is 13.3. The van der Waals surface area contributed by atoms with Gasteiger partial charge in [-0.3, -0.25) is 9.80 Å². The maximum absolute atomic E-state index is 5.74. The minimum Gasteiger partial charge on any atom is -0.468 e. The summed E-state index contributed by atoms with van der Waals surface area (Å²) in [5.41, 5.74) is 1.33. The Labute approximate surface area is 128 Å². The van der Waals surface area contributed by atoms with E-state index in [-0.39, 0.29) is 0 Å². The van der Waals surface area contributed by atoms with Crippen LogP contribution in [-0.4, -0.2) is 48.6 Å². The van der Waals surface area contributed by atoms with Crippen LogP contribution in [0, 0.1) is 0 Å². The summed E-state index contributed by atoms with van der Waals surface area (Å²) in [6.45, 7) is 10.1. The Kier molecular flexibility index (Phi) is 5.33. The van der Waals surface area contributed by atoms with Gasteiger partial charge in [0.05, 0.1) is 12.8 Å². The van der Waals surface area contributed by atoms with Gasteiger partial charge in [0.1, 0.15) is 5.76 Å². The molecule has 0 aromatic carbocycles. The smallest absolute Gasteiger partial charge is 0.122 e. The lowest BCUT2D eigenvalue weighted by Crippen LogP contribution is -2.54. The summed E-state index contributed by atoms with van der Waals surface area (Å²) in [6.07, 6.45) is 7.19. The summed E-state index contributed by atoms with van der Waals surface area (Å²) in [6, 6.07) is 2.90. The standard InChI is InChI=1S/C17H29N3O/c1-2-7-18-12-15-6-11-21-17(15)14-19-9-10-20-8-4-3-5-16(20)13-19/h6,11,16,18H,2-5,7-10,12-14H2,1H3. The molecule has 0 aliphatic carbocycles. The van der Waals surface area contributed by atoms with Crippen LogP contribution < -0.4 is 5.32 Å². The number of piperidine rings is 1. The molecule has 0 amide bonds. The van der Waals surface area contributed by atoms with E-state index in [4.69, 9.17) is 4.42 Å². The molecule has 4 heteroatoms. The maximum Gasteiger partial charge on any atom is 0.122 e. The van der Waals surface area contributed by atoms with Crippen molar-refractivity contribution in [1.29, 1.82) is 0 Å². The fourth-order valence-electron chi connectivity index (χ4n) is 3.63. The number of hydrogen-bond donors (Lipinski definition) is 1. The van der Waals surface area contributed by atoms with Crippen LogP contribution in [-0.2, 0) is 13.1 Å². The summed E-state index contributed by atoms with van der Waals surface area (Å²) >= 11 is 0. The van der Waals surface area contributed by atoms with E-state index in [2.05, 4.69) is 28.1 Å². The van der Waals surface area contributed by atoms with Gasteiger partial charge in [-0.05, 0) is 38.4 Å². The molecule has 1 unspecified atom stereocenters. The van der Waals surface area contributed by atoms with Crippen LogP contribution in [0.4, 0.5) is 0 Å². The zero-order valence-electron chi connectivity index (χ0n) is 13.3. The van der Waals surface area contributed by atoms with Crippen molar-refractivity contribution < 1.29 is 4.42 Å². The van der Waals surface area contributed by atoms with E-state index in [0.29, 0.717) is 0 Å². The van der Waals surface area contributed by atoms with E-state index >= 15 is 0 Å². The summed E-state index contributed by atoms with van der Waals surface area (Å²) in [4.78, 5) is 5.26. The second-order valence-corrected chi connectivity index (χ2v) is 6.47. The highest BCUT2D eigenvalue weighted by Gasteiger charge is 2.29. The van der Waals surface area contributed by atoms with Crippen LogP contribution in [0.25, 0.3) is 0 Å². The molecule has 2 aliphatic heterocycles. The largest absolute Gasteiger partial charge is 0.468 e. The third-order valence-electron chi connectivity index (χ3n) is 4.87. The first-order valence-electron chi connectivity index (χ1n) is 8.59. The van der Waals surface area contributed by atoms with Gasteiger partial charge in [0, 0.05) is 37.8 Å². The molecule has 1 atom stereocenters. The first-order valence-corrected chi connectivity index (χ1v) is 8.59. The summed E-state index contributed by atoms with van der Waals surface area (Å²) in [5, 5.41) is 3.47. The van der Waals surface area contributed by atoms with Crippen molar-refractivity contribution in [2.24, 2.45) is 0 Å². The van der Waals surface area contributed by atoms with Gasteiger partial charge in [-0.2, -0.15) is 0 Å².